The van der Waals surface area contributed by atoms with Gasteiger partial charge in [0.15, 0.2) is 0 Å². The van der Waals surface area contributed by atoms with Crippen LogP contribution in [0.15, 0.2) is 134 Å². The van der Waals surface area contributed by atoms with Crippen LogP contribution in [0.1, 0.15) is 84.6 Å². The third-order valence-electron chi connectivity index (χ3n) is 11.8. The van der Waals surface area contributed by atoms with Gasteiger partial charge in [-0.3, -0.25) is 0 Å². The third kappa shape index (κ3) is 8.45. The predicted molar refractivity (Wildman–Crippen MR) is 250 cm³/mol. The van der Waals surface area contributed by atoms with E-state index < -0.39 is 11.7 Å². The molecule has 0 atom stereocenters. The van der Waals surface area contributed by atoms with Gasteiger partial charge in [-0.05, 0) is 87.0 Å². The van der Waals surface area contributed by atoms with Crippen molar-refractivity contribution in [1.82, 2.24) is 4.98 Å². The molecule has 0 radical (unpaired) electrons. The average molecular weight is 1040 g/mol. The van der Waals surface area contributed by atoms with Gasteiger partial charge in [0.2, 0.25) is 0 Å². The fraction of sp³-hybridized carbons (Fsp3) is 0.236. The second-order valence-corrected chi connectivity index (χ2v) is 19.5. The number of para-hydroxylation sites is 2. The molecule has 0 saturated carbocycles. The molecule has 0 saturated heterocycles. The van der Waals surface area contributed by atoms with Crippen LogP contribution < -0.4 is 19.4 Å². The maximum Gasteiger partial charge on any atom is 0.416 e. The van der Waals surface area contributed by atoms with Crippen molar-refractivity contribution >= 4 is 39.9 Å². The Balaban J connectivity index is 0.00000560. The summed E-state index contributed by atoms with van der Waals surface area (Å²) in [5.41, 5.74) is 10.2. The molecular weight excluding hydrogens is 985 g/mol. The molecule has 3 heterocycles. The van der Waals surface area contributed by atoms with E-state index in [-0.39, 0.29) is 37.3 Å². The largest absolute Gasteiger partial charge is 0.509 e. The van der Waals surface area contributed by atoms with Gasteiger partial charge in [-0.15, -0.1) is 48.3 Å². The van der Waals surface area contributed by atoms with Gasteiger partial charge in [0, 0.05) is 61.4 Å². The van der Waals surface area contributed by atoms with Crippen molar-refractivity contribution in [3.8, 4) is 33.8 Å². The molecule has 330 valence electrons. The Morgan fingerprint density at radius 1 is 0.516 bits per heavy atom. The topological polar surface area (TPSA) is 31.8 Å². The van der Waals surface area contributed by atoms with Crippen molar-refractivity contribution in [1.29, 1.82) is 0 Å². The molecule has 6 aromatic carbocycles. The first-order chi connectivity index (χ1) is 29.7. The van der Waals surface area contributed by atoms with Gasteiger partial charge < -0.3 is 19.4 Å². The van der Waals surface area contributed by atoms with E-state index in [2.05, 4.69) is 127 Å². The van der Waals surface area contributed by atoms with Crippen LogP contribution >= 0.6 is 0 Å². The van der Waals surface area contributed by atoms with Gasteiger partial charge in [-0.25, -0.2) is 4.98 Å². The van der Waals surface area contributed by atoms with E-state index in [0.717, 1.165) is 51.1 Å². The standard InChI is InChI=1S/C55H50F3N4O.Pt/c1-52(2,3)35-25-26-59-51(31-35)62-49-30-36(55(56,57)58)21-23-45(49)43-17-10-11-18-44(43)46-24-22-42(33-50(46)62)63-41-16-14-15-39(32-41)60-34-61(48-20-13-12-19-47(48)60)40-28-37(53(4,5)6)27-38(29-40)54(7,8)9;/h10-31,34H,1-9H3;/q-3;. The molecule has 0 unspecified atom stereocenters. The Hall–Kier alpha value is -5.85. The van der Waals surface area contributed by atoms with Crippen LogP contribution in [0.25, 0.3) is 22.3 Å². The maximum atomic E-state index is 14.5. The fourth-order valence-electron chi connectivity index (χ4n) is 8.24. The number of rotatable bonds is 5. The minimum absolute atomic E-state index is 0. The van der Waals surface area contributed by atoms with Gasteiger partial charge in [-0.2, -0.15) is 25.3 Å². The Labute approximate surface area is 389 Å². The number of benzene rings is 6. The smallest absolute Gasteiger partial charge is 0.416 e. The first kappa shape index (κ1) is 44.7. The van der Waals surface area contributed by atoms with E-state index in [4.69, 9.17) is 9.72 Å². The fourth-order valence-corrected chi connectivity index (χ4v) is 8.24. The summed E-state index contributed by atoms with van der Waals surface area (Å²) in [6.07, 6.45) is -2.86. The summed E-state index contributed by atoms with van der Waals surface area (Å²) in [5, 5.41) is 0. The second-order valence-electron chi connectivity index (χ2n) is 19.5. The summed E-state index contributed by atoms with van der Waals surface area (Å²) in [6.45, 7) is 21.9. The molecule has 0 bridgehead atoms. The van der Waals surface area contributed by atoms with Crippen molar-refractivity contribution in [2.45, 2.75) is 84.7 Å². The number of halogens is 3. The number of alkyl halides is 3. The molecule has 64 heavy (non-hydrogen) atoms. The molecule has 2 aliphatic rings. The molecule has 7 aromatic rings. The minimum Gasteiger partial charge on any atom is -0.509 e. The quantitative estimate of drug-likeness (QED) is 0.160. The minimum atomic E-state index is -4.57. The molecule has 0 amide bonds. The van der Waals surface area contributed by atoms with Gasteiger partial charge in [0.25, 0.3) is 0 Å². The van der Waals surface area contributed by atoms with E-state index in [1.807, 2.05) is 72.8 Å². The zero-order valence-corrected chi connectivity index (χ0v) is 39.7. The summed E-state index contributed by atoms with van der Waals surface area (Å²) in [6, 6.07) is 47.3. The molecule has 5 nitrogen and oxygen atoms in total. The number of ether oxygens (including phenoxy) is 1. The molecule has 0 spiro atoms. The summed E-state index contributed by atoms with van der Waals surface area (Å²) >= 11 is 0. The van der Waals surface area contributed by atoms with Crippen LogP contribution in [0.5, 0.6) is 11.5 Å². The number of nitrogens with zero attached hydrogens (tertiary/aromatic N) is 4. The van der Waals surface area contributed by atoms with Crippen LogP contribution in [-0.2, 0) is 43.5 Å². The molecule has 0 fully saturated rings. The number of fused-ring (bicyclic) bond motifs is 6. The van der Waals surface area contributed by atoms with Crippen molar-refractivity contribution in [3.05, 3.63) is 175 Å². The first-order valence-electron chi connectivity index (χ1n) is 21.3. The molecule has 0 aliphatic carbocycles. The number of anilines is 7. The van der Waals surface area contributed by atoms with Crippen LogP contribution in [0.3, 0.4) is 0 Å². The van der Waals surface area contributed by atoms with Gasteiger partial charge in [0.1, 0.15) is 5.82 Å². The predicted octanol–water partition coefficient (Wildman–Crippen LogP) is 15.9. The molecule has 9 rings (SSSR count). The number of pyridine rings is 1. The molecule has 1 aromatic heterocycles. The summed E-state index contributed by atoms with van der Waals surface area (Å²) in [5.74, 6) is 1.29. The Kier molecular flexibility index (Phi) is 11.4. The summed E-state index contributed by atoms with van der Waals surface area (Å²) in [4.78, 5) is 10.9. The zero-order chi connectivity index (χ0) is 44.6. The molecule has 2 aliphatic heterocycles. The van der Waals surface area contributed by atoms with Crippen molar-refractivity contribution < 1.29 is 39.0 Å². The van der Waals surface area contributed by atoms with E-state index >= 15 is 0 Å². The van der Waals surface area contributed by atoms with Crippen LogP contribution in [-0.4, -0.2) is 4.98 Å². The van der Waals surface area contributed by atoms with Crippen LogP contribution in [0.4, 0.5) is 53.1 Å². The molecule has 0 N–H and O–H groups in total. The Bertz CT molecular complexity index is 2850. The van der Waals surface area contributed by atoms with E-state index in [0.29, 0.717) is 34.3 Å². The maximum absolute atomic E-state index is 14.5. The SMILES string of the molecule is CC(C)(C)c1cc(N2[CH-]N(c3[c-]c(Oc4[c-]c5c(cc4)-c4ccccc4-c4ccc(C(F)(F)F)cc4N5c4cc(C(C)(C)C)ccn4)ccc3)c3ccccc32)cc(C(C)(C)C)c1.[Pt]. The van der Waals surface area contributed by atoms with Crippen LogP contribution in [0, 0.1) is 18.8 Å². The van der Waals surface area contributed by atoms with Crippen LogP contribution in [0.2, 0.25) is 0 Å². The zero-order valence-electron chi connectivity index (χ0n) is 37.4. The molecular formula is C55H50F3N4OPt-3. The number of hydrogen-bond acceptors (Lipinski definition) is 5. The van der Waals surface area contributed by atoms with Crippen molar-refractivity contribution in [3.63, 3.8) is 0 Å². The normalized spacial score (nSPS) is 13.7. The second kappa shape index (κ2) is 16.3. The number of hydrogen-bond donors (Lipinski definition) is 0. The first-order valence-corrected chi connectivity index (χ1v) is 21.3. The number of aromatic nitrogens is 1. The molecule has 9 heteroatoms. The summed E-state index contributed by atoms with van der Waals surface area (Å²) < 4.78 is 50.1. The van der Waals surface area contributed by atoms with E-state index in [1.54, 1.807) is 17.2 Å². The Morgan fingerprint density at radius 3 is 1.75 bits per heavy atom. The van der Waals surface area contributed by atoms with E-state index in [1.165, 1.54) is 17.2 Å². The van der Waals surface area contributed by atoms with Crippen molar-refractivity contribution in [2.24, 2.45) is 0 Å². The van der Waals surface area contributed by atoms with Gasteiger partial charge in [0.05, 0.1) is 11.3 Å². The van der Waals surface area contributed by atoms with Gasteiger partial charge >= 0.3 is 6.18 Å². The Morgan fingerprint density at radius 2 is 1.11 bits per heavy atom. The monoisotopic (exact) mass is 1030 g/mol. The van der Waals surface area contributed by atoms with Crippen molar-refractivity contribution in [2.75, 3.05) is 14.7 Å². The average Bonchev–Trinajstić information content (AvgIpc) is 3.57. The van der Waals surface area contributed by atoms with Gasteiger partial charge in [-0.1, -0.05) is 122 Å². The summed E-state index contributed by atoms with van der Waals surface area (Å²) in [7, 11) is 0. The van der Waals surface area contributed by atoms with E-state index in [9.17, 15) is 13.2 Å². The third-order valence-corrected chi connectivity index (χ3v) is 11.8.